The Labute approximate surface area is 70.2 Å². The van der Waals surface area contributed by atoms with E-state index in [2.05, 4.69) is 4.99 Å². The summed E-state index contributed by atoms with van der Waals surface area (Å²) in [5, 5.41) is -0.163. The first kappa shape index (κ1) is 8.59. The van der Waals surface area contributed by atoms with Crippen molar-refractivity contribution in [1.29, 1.82) is 0 Å². The first-order valence-electron chi connectivity index (χ1n) is 3.62. The molecule has 1 aliphatic heterocycles. The van der Waals surface area contributed by atoms with Gasteiger partial charge in [0.15, 0.2) is 0 Å². The van der Waals surface area contributed by atoms with Crippen LogP contribution in [0.3, 0.4) is 0 Å². The summed E-state index contributed by atoms with van der Waals surface area (Å²) in [6.45, 7) is 3.08. The zero-order valence-corrected chi connectivity index (χ0v) is 7.26. The lowest BCUT2D eigenvalue weighted by molar-refractivity contribution is -0.141. The number of nitrogens with zero attached hydrogens (tertiary/aromatic N) is 1. The maximum absolute atomic E-state index is 11.1. The molecule has 1 aliphatic rings. The number of aliphatic imine (C=N–C) groups is 1. The molecule has 3 nitrogen and oxygen atoms in total. The van der Waals surface area contributed by atoms with Crippen molar-refractivity contribution < 1.29 is 9.53 Å². The van der Waals surface area contributed by atoms with E-state index in [4.69, 9.17) is 4.74 Å². The highest BCUT2D eigenvalue weighted by molar-refractivity contribution is 8.01. The van der Waals surface area contributed by atoms with Gasteiger partial charge in [-0.05, 0) is 6.92 Å². The van der Waals surface area contributed by atoms with E-state index in [-0.39, 0.29) is 11.2 Å². The maximum Gasteiger partial charge on any atom is 0.324 e. The topological polar surface area (TPSA) is 38.7 Å². The number of ether oxygens (including phenoxy) is 1. The number of hydrogen-bond donors (Lipinski definition) is 0. The van der Waals surface area contributed by atoms with Crippen molar-refractivity contribution in [1.82, 2.24) is 0 Å². The maximum atomic E-state index is 11.1. The van der Waals surface area contributed by atoms with E-state index < -0.39 is 0 Å². The van der Waals surface area contributed by atoms with Crippen LogP contribution >= 0.6 is 11.8 Å². The average Bonchev–Trinajstić information content (AvgIpc) is 2.07. The molecule has 0 saturated heterocycles. The van der Waals surface area contributed by atoms with Crippen molar-refractivity contribution in [2.75, 3.05) is 18.9 Å². The minimum atomic E-state index is -0.166. The number of thioether (sulfide) groups is 1. The number of carbonyl (C=O) groups excluding carboxylic acids is 1. The zero-order valence-electron chi connectivity index (χ0n) is 6.45. The molecule has 11 heavy (non-hydrogen) atoms. The van der Waals surface area contributed by atoms with Crippen molar-refractivity contribution in [2.45, 2.75) is 12.2 Å². The molecule has 0 bridgehead atoms. The molecule has 0 aromatic rings. The van der Waals surface area contributed by atoms with E-state index >= 15 is 0 Å². The lowest BCUT2D eigenvalue weighted by Crippen LogP contribution is -2.24. The van der Waals surface area contributed by atoms with Gasteiger partial charge in [0.25, 0.3) is 0 Å². The van der Waals surface area contributed by atoms with Crippen molar-refractivity contribution in [3.8, 4) is 0 Å². The molecular formula is C7H11NO2S. The van der Waals surface area contributed by atoms with Crippen molar-refractivity contribution in [3.63, 3.8) is 0 Å². The van der Waals surface area contributed by atoms with Crippen LogP contribution in [0.25, 0.3) is 0 Å². The van der Waals surface area contributed by atoms with Crippen LogP contribution in [0.15, 0.2) is 4.99 Å². The molecule has 0 spiro atoms. The standard InChI is InChI=1S/C7H11NO2S/c1-2-10-7(9)6-5-8-3-4-11-6/h5-6H,2-4H2,1H3/t6-/m1/s1. The number of carbonyl (C=O) groups is 1. The van der Waals surface area contributed by atoms with Gasteiger partial charge in [0, 0.05) is 18.5 Å². The Morgan fingerprint density at radius 2 is 2.73 bits per heavy atom. The summed E-state index contributed by atoms with van der Waals surface area (Å²) in [5.74, 6) is 0.751. The molecule has 0 radical (unpaired) electrons. The molecule has 0 aromatic carbocycles. The molecule has 62 valence electrons. The van der Waals surface area contributed by atoms with Gasteiger partial charge in [-0.15, -0.1) is 11.8 Å². The molecule has 4 heteroatoms. The Hall–Kier alpha value is -0.510. The molecule has 0 aromatic heterocycles. The summed E-state index contributed by atoms with van der Waals surface area (Å²) in [6.07, 6.45) is 1.67. The summed E-state index contributed by atoms with van der Waals surface area (Å²) >= 11 is 1.59. The van der Waals surface area contributed by atoms with Crippen LogP contribution in [0.5, 0.6) is 0 Å². The average molecular weight is 173 g/mol. The van der Waals surface area contributed by atoms with Crippen LogP contribution < -0.4 is 0 Å². The Morgan fingerprint density at radius 3 is 3.27 bits per heavy atom. The SMILES string of the molecule is CCOC(=O)[C@H]1C=NCCS1. The minimum Gasteiger partial charge on any atom is -0.465 e. The molecule has 0 amide bonds. The van der Waals surface area contributed by atoms with E-state index in [1.807, 2.05) is 6.92 Å². The summed E-state index contributed by atoms with van der Waals surface area (Å²) in [6, 6.07) is 0. The fourth-order valence-corrected chi connectivity index (χ4v) is 1.64. The molecular weight excluding hydrogens is 162 g/mol. The van der Waals surface area contributed by atoms with E-state index in [9.17, 15) is 4.79 Å². The Bertz CT molecular complexity index is 170. The number of esters is 1. The summed E-state index contributed by atoms with van der Waals surface area (Å²) in [5.41, 5.74) is 0. The third-order valence-corrected chi connectivity index (χ3v) is 2.37. The van der Waals surface area contributed by atoms with Gasteiger partial charge in [0.2, 0.25) is 0 Å². The van der Waals surface area contributed by atoms with E-state index in [1.54, 1.807) is 18.0 Å². The van der Waals surface area contributed by atoms with Crippen LogP contribution in [0.1, 0.15) is 6.92 Å². The van der Waals surface area contributed by atoms with E-state index in [0.717, 1.165) is 12.3 Å². The Balaban J connectivity index is 2.39. The first-order chi connectivity index (χ1) is 5.34. The van der Waals surface area contributed by atoms with Crippen molar-refractivity contribution >= 4 is 23.9 Å². The molecule has 0 aliphatic carbocycles. The lowest BCUT2D eigenvalue weighted by Gasteiger charge is -2.13. The van der Waals surface area contributed by atoms with Gasteiger partial charge in [-0.3, -0.25) is 9.79 Å². The van der Waals surface area contributed by atoms with Crippen LogP contribution in [0.4, 0.5) is 0 Å². The van der Waals surface area contributed by atoms with Gasteiger partial charge < -0.3 is 4.74 Å². The zero-order chi connectivity index (χ0) is 8.10. The highest BCUT2D eigenvalue weighted by Crippen LogP contribution is 2.13. The van der Waals surface area contributed by atoms with Gasteiger partial charge in [0.05, 0.1) is 6.61 Å². The molecule has 1 atom stereocenters. The molecule has 0 N–H and O–H groups in total. The van der Waals surface area contributed by atoms with Gasteiger partial charge in [-0.2, -0.15) is 0 Å². The number of hydrogen-bond acceptors (Lipinski definition) is 4. The monoisotopic (exact) mass is 173 g/mol. The molecule has 1 rings (SSSR count). The fourth-order valence-electron chi connectivity index (χ4n) is 0.799. The predicted molar refractivity (Wildman–Crippen MR) is 46.2 cm³/mol. The smallest absolute Gasteiger partial charge is 0.324 e. The van der Waals surface area contributed by atoms with E-state index in [0.29, 0.717) is 6.61 Å². The largest absolute Gasteiger partial charge is 0.465 e. The quantitative estimate of drug-likeness (QED) is 0.578. The fraction of sp³-hybridized carbons (Fsp3) is 0.714. The lowest BCUT2D eigenvalue weighted by atomic mass is 10.4. The van der Waals surface area contributed by atoms with Gasteiger partial charge in [-0.25, -0.2) is 0 Å². The van der Waals surface area contributed by atoms with E-state index in [1.165, 1.54) is 0 Å². The van der Waals surface area contributed by atoms with Crippen LogP contribution in [0.2, 0.25) is 0 Å². The van der Waals surface area contributed by atoms with Gasteiger partial charge >= 0.3 is 5.97 Å². The van der Waals surface area contributed by atoms with Crippen LogP contribution in [-0.4, -0.2) is 36.3 Å². The van der Waals surface area contributed by atoms with Gasteiger partial charge in [0.1, 0.15) is 5.25 Å². The molecule has 0 unspecified atom stereocenters. The third-order valence-electron chi connectivity index (χ3n) is 1.28. The Morgan fingerprint density at radius 1 is 1.91 bits per heavy atom. The summed E-state index contributed by atoms with van der Waals surface area (Å²) in [4.78, 5) is 15.1. The van der Waals surface area contributed by atoms with Crippen molar-refractivity contribution in [3.05, 3.63) is 0 Å². The molecule has 0 fully saturated rings. The van der Waals surface area contributed by atoms with Gasteiger partial charge in [-0.1, -0.05) is 0 Å². The number of rotatable bonds is 2. The van der Waals surface area contributed by atoms with Crippen LogP contribution in [0, 0.1) is 0 Å². The highest BCUT2D eigenvalue weighted by Gasteiger charge is 2.19. The van der Waals surface area contributed by atoms with Crippen LogP contribution in [-0.2, 0) is 9.53 Å². The minimum absolute atomic E-state index is 0.163. The first-order valence-corrected chi connectivity index (χ1v) is 4.67. The normalized spacial score (nSPS) is 23.2. The summed E-state index contributed by atoms with van der Waals surface area (Å²) in [7, 11) is 0. The molecule has 0 saturated carbocycles. The molecule has 1 heterocycles. The predicted octanol–water partition coefficient (Wildman–Crippen LogP) is 0.736. The van der Waals surface area contributed by atoms with Crippen molar-refractivity contribution in [2.24, 2.45) is 4.99 Å². The highest BCUT2D eigenvalue weighted by atomic mass is 32.2. The second-order valence-corrected chi connectivity index (χ2v) is 3.35. The second-order valence-electron chi connectivity index (χ2n) is 2.10. The Kier molecular flexibility index (Phi) is 3.42. The summed E-state index contributed by atoms with van der Waals surface area (Å²) < 4.78 is 4.83. The third kappa shape index (κ3) is 2.54. The second kappa shape index (κ2) is 4.38.